The van der Waals surface area contributed by atoms with Gasteiger partial charge in [-0.15, -0.1) is 10.2 Å². The van der Waals surface area contributed by atoms with Crippen molar-refractivity contribution in [2.45, 2.75) is 37.4 Å². The number of nitrogen functional groups attached to an aromatic ring is 1. The van der Waals surface area contributed by atoms with E-state index in [1.54, 1.807) is 12.1 Å². The largest absolute Gasteiger partial charge is 0.339 e. The number of carbonyl (C=O) groups excluding carboxylic acids is 1. The zero-order chi connectivity index (χ0) is 17.1. The number of aromatic nitrogens is 3. The molecule has 1 amide bonds. The number of rotatable bonds is 4. The molecular formula is C16H20FN5OS. The fourth-order valence-corrected chi connectivity index (χ4v) is 3.59. The Morgan fingerprint density at radius 2 is 2.08 bits per heavy atom. The molecule has 1 saturated heterocycles. The third-order valence-electron chi connectivity index (χ3n) is 4.22. The minimum atomic E-state index is -0.322. The Balaban J connectivity index is 1.66. The van der Waals surface area contributed by atoms with E-state index < -0.39 is 0 Å². The Morgan fingerprint density at radius 1 is 1.33 bits per heavy atom. The van der Waals surface area contributed by atoms with Crippen molar-refractivity contribution < 1.29 is 9.18 Å². The lowest BCUT2D eigenvalue weighted by molar-refractivity contribution is -0.131. The molecular weight excluding hydrogens is 329 g/mol. The number of nitrogens with zero attached hydrogens (tertiary/aromatic N) is 4. The normalized spacial score (nSPS) is 17.9. The lowest BCUT2D eigenvalue weighted by Crippen LogP contribution is -2.43. The molecule has 1 atom stereocenters. The minimum absolute atomic E-state index is 0.0959. The zero-order valence-electron chi connectivity index (χ0n) is 13.5. The van der Waals surface area contributed by atoms with E-state index in [4.69, 9.17) is 5.84 Å². The summed E-state index contributed by atoms with van der Waals surface area (Å²) >= 11 is 1.27. The van der Waals surface area contributed by atoms with Gasteiger partial charge in [0.2, 0.25) is 11.1 Å². The van der Waals surface area contributed by atoms with Crippen molar-refractivity contribution in [2.75, 3.05) is 18.1 Å². The number of halogens is 1. The van der Waals surface area contributed by atoms with Crippen LogP contribution in [-0.2, 0) is 4.79 Å². The quantitative estimate of drug-likeness (QED) is 0.677. The van der Waals surface area contributed by atoms with Gasteiger partial charge in [0, 0.05) is 18.2 Å². The first-order chi connectivity index (χ1) is 11.6. The summed E-state index contributed by atoms with van der Waals surface area (Å²) in [6.45, 7) is 2.90. The Labute approximate surface area is 144 Å². The summed E-state index contributed by atoms with van der Waals surface area (Å²) in [4.78, 5) is 14.3. The molecule has 24 heavy (non-hydrogen) atoms. The molecule has 6 nitrogen and oxygen atoms in total. The van der Waals surface area contributed by atoms with Crippen LogP contribution in [0.5, 0.6) is 0 Å². The molecule has 3 rings (SSSR count). The fraction of sp³-hybridized carbons (Fsp3) is 0.438. The molecule has 1 fully saturated rings. The van der Waals surface area contributed by atoms with Gasteiger partial charge in [-0.25, -0.2) is 9.07 Å². The van der Waals surface area contributed by atoms with Gasteiger partial charge in [0.05, 0.1) is 5.75 Å². The van der Waals surface area contributed by atoms with Crippen LogP contribution in [0.15, 0.2) is 29.4 Å². The molecule has 1 aromatic heterocycles. The maximum absolute atomic E-state index is 13.0. The summed E-state index contributed by atoms with van der Waals surface area (Å²) in [5.41, 5.74) is 0.675. The summed E-state index contributed by atoms with van der Waals surface area (Å²) in [6.07, 6.45) is 3.29. The van der Waals surface area contributed by atoms with E-state index >= 15 is 0 Å². The van der Waals surface area contributed by atoms with Gasteiger partial charge in [-0.2, -0.15) is 0 Å². The molecule has 0 spiro atoms. The van der Waals surface area contributed by atoms with E-state index in [0.717, 1.165) is 19.4 Å². The maximum atomic E-state index is 13.0. The summed E-state index contributed by atoms with van der Waals surface area (Å²) in [5.74, 6) is 6.51. The van der Waals surface area contributed by atoms with Crippen LogP contribution < -0.4 is 5.84 Å². The van der Waals surface area contributed by atoms with Crippen LogP contribution in [0.2, 0.25) is 0 Å². The molecule has 0 aliphatic carbocycles. The lowest BCUT2D eigenvalue weighted by Gasteiger charge is -2.33. The van der Waals surface area contributed by atoms with E-state index in [1.807, 2.05) is 4.90 Å². The molecule has 2 N–H and O–H groups in total. The Kier molecular flexibility index (Phi) is 5.03. The average molecular weight is 349 g/mol. The number of hydrogen-bond donors (Lipinski definition) is 1. The predicted octanol–water partition coefficient (Wildman–Crippen LogP) is 2.29. The van der Waals surface area contributed by atoms with Gasteiger partial charge < -0.3 is 10.7 Å². The highest BCUT2D eigenvalue weighted by Gasteiger charge is 2.23. The van der Waals surface area contributed by atoms with Crippen molar-refractivity contribution in [1.29, 1.82) is 0 Å². The van der Waals surface area contributed by atoms with Gasteiger partial charge in [-0.3, -0.25) is 4.79 Å². The summed E-state index contributed by atoms with van der Waals surface area (Å²) < 4.78 is 14.3. The van der Waals surface area contributed by atoms with Crippen LogP contribution in [-0.4, -0.2) is 44.0 Å². The monoisotopic (exact) mass is 349 g/mol. The van der Waals surface area contributed by atoms with Gasteiger partial charge in [0.1, 0.15) is 5.82 Å². The van der Waals surface area contributed by atoms with E-state index in [2.05, 4.69) is 17.1 Å². The van der Waals surface area contributed by atoms with Gasteiger partial charge in [-0.05, 0) is 50.5 Å². The molecule has 1 aliphatic rings. The van der Waals surface area contributed by atoms with Crippen LogP contribution in [0.25, 0.3) is 11.4 Å². The number of benzene rings is 1. The van der Waals surface area contributed by atoms with Crippen molar-refractivity contribution in [2.24, 2.45) is 0 Å². The number of piperidine rings is 1. The highest BCUT2D eigenvalue weighted by molar-refractivity contribution is 7.99. The third-order valence-corrected chi connectivity index (χ3v) is 5.14. The summed E-state index contributed by atoms with van der Waals surface area (Å²) in [5, 5.41) is 8.54. The average Bonchev–Trinajstić information content (AvgIpc) is 2.95. The van der Waals surface area contributed by atoms with E-state index in [1.165, 1.54) is 35.0 Å². The molecule has 1 aromatic carbocycles. The van der Waals surface area contributed by atoms with E-state index in [-0.39, 0.29) is 23.5 Å². The second-order valence-electron chi connectivity index (χ2n) is 5.90. The van der Waals surface area contributed by atoms with Crippen LogP contribution in [0.1, 0.15) is 26.2 Å². The minimum Gasteiger partial charge on any atom is -0.339 e. The third kappa shape index (κ3) is 3.53. The number of nitrogens with two attached hydrogens (primary N) is 1. The van der Waals surface area contributed by atoms with Crippen molar-refractivity contribution in [3.05, 3.63) is 30.1 Å². The molecule has 8 heteroatoms. The Morgan fingerprint density at radius 3 is 2.79 bits per heavy atom. The first-order valence-electron chi connectivity index (χ1n) is 7.95. The second kappa shape index (κ2) is 7.21. The van der Waals surface area contributed by atoms with Crippen LogP contribution in [0.3, 0.4) is 0 Å². The Hall–Kier alpha value is -2.09. The highest BCUT2D eigenvalue weighted by Crippen LogP contribution is 2.23. The number of thioether (sulfide) groups is 1. The lowest BCUT2D eigenvalue weighted by atomic mass is 10.0. The summed E-state index contributed by atoms with van der Waals surface area (Å²) in [6, 6.07) is 6.17. The van der Waals surface area contributed by atoms with E-state index in [0.29, 0.717) is 16.5 Å². The predicted molar refractivity (Wildman–Crippen MR) is 91.3 cm³/mol. The topological polar surface area (TPSA) is 77.0 Å². The fourth-order valence-electron chi connectivity index (χ4n) is 2.85. The molecule has 1 aliphatic heterocycles. The molecule has 0 bridgehead atoms. The van der Waals surface area contributed by atoms with Crippen LogP contribution in [0.4, 0.5) is 4.39 Å². The van der Waals surface area contributed by atoms with E-state index in [9.17, 15) is 9.18 Å². The van der Waals surface area contributed by atoms with Gasteiger partial charge in [0.15, 0.2) is 5.82 Å². The van der Waals surface area contributed by atoms with Crippen molar-refractivity contribution >= 4 is 17.7 Å². The smallest absolute Gasteiger partial charge is 0.233 e. The number of carbonyl (C=O) groups is 1. The Bertz CT molecular complexity index is 718. The molecule has 0 saturated carbocycles. The van der Waals surface area contributed by atoms with Crippen molar-refractivity contribution in [3.8, 4) is 11.4 Å². The number of hydrogen-bond acceptors (Lipinski definition) is 5. The number of amides is 1. The molecule has 0 radical (unpaired) electrons. The van der Waals surface area contributed by atoms with Crippen molar-refractivity contribution in [3.63, 3.8) is 0 Å². The molecule has 0 unspecified atom stereocenters. The van der Waals surface area contributed by atoms with Crippen molar-refractivity contribution in [1.82, 2.24) is 19.8 Å². The number of likely N-dealkylation sites (tertiary alicyclic amines) is 1. The zero-order valence-corrected chi connectivity index (χ0v) is 14.3. The highest BCUT2D eigenvalue weighted by atomic mass is 32.2. The molecule has 2 aromatic rings. The first kappa shape index (κ1) is 16.8. The van der Waals surface area contributed by atoms with Crippen LogP contribution in [0, 0.1) is 5.82 Å². The maximum Gasteiger partial charge on any atom is 0.233 e. The van der Waals surface area contributed by atoms with Crippen LogP contribution >= 0.6 is 11.8 Å². The SMILES string of the molecule is C[C@H]1CCCCN1C(=O)CSc1nnc(-c2ccc(F)cc2)n1N. The standard InChI is InChI=1S/C16H20FN5OS/c1-11-4-2-3-9-21(11)14(23)10-24-16-20-19-15(22(16)18)12-5-7-13(17)8-6-12/h5-8,11H,2-4,9-10,18H2,1H3/t11-/m0/s1. The van der Waals surface area contributed by atoms with Gasteiger partial charge in [0.25, 0.3) is 0 Å². The summed E-state index contributed by atoms with van der Waals surface area (Å²) in [7, 11) is 0. The molecule has 128 valence electrons. The first-order valence-corrected chi connectivity index (χ1v) is 8.93. The van der Waals surface area contributed by atoms with Gasteiger partial charge >= 0.3 is 0 Å². The second-order valence-corrected chi connectivity index (χ2v) is 6.85. The molecule has 2 heterocycles. The van der Waals surface area contributed by atoms with Gasteiger partial charge in [-0.1, -0.05) is 11.8 Å².